The van der Waals surface area contributed by atoms with Crippen molar-refractivity contribution in [2.75, 3.05) is 18.7 Å². The second-order valence-electron chi connectivity index (χ2n) is 6.46. The third-order valence-electron chi connectivity index (χ3n) is 4.27. The van der Waals surface area contributed by atoms with Gasteiger partial charge in [0.15, 0.2) is 6.61 Å². The van der Waals surface area contributed by atoms with Crippen LogP contribution < -0.4 is 14.5 Å². The predicted octanol–water partition coefficient (Wildman–Crippen LogP) is 5.37. The van der Waals surface area contributed by atoms with Crippen LogP contribution >= 0.6 is 34.3 Å². The fraction of sp³-hybridized carbons (Fsp3) is 0.0952. The number of amides is 1. The van der Waals surface area contributed by atoms with Gasteiger partial charge in [-0.2, -0.15) is 10.1 Å². The minimum Gasteiger partial charge on any atom is -0.497 e. The van der Waals surface area contributed by atoms with Crippen molar-refractivity contribution in [2.24, 2.45) is 5.10 Å². The molecule has 9 nitrogen and oxygen atoms in total. The van der Waals surface area contributed by atoms with Gasteiger partial charge in [-0.3, -0.25) is 14.9 Å². The molecule has 0 aliphatic heterocycles. The average molecular weight is 503 g/mol. The molecule has 0 aliphatic carbocycles. The molecule has 2 aromatic carbocycles. The molecule has 0 N–H and O–H groups in total. The molecule has 1 amide bonds. The number of ether oxygens (including phenoxy) is 2. The van der Waals surface area contributed by atoms with E-state index in [4.69, 9.17) is 21.1 Å². The van der Waals surface area contributed by atoms with Gasteiger partial charge in [0.2, 0.25) is 5.13 Å². The van der Waals surface area contributed by atoms with E-state index in [0.717, 1.165) is 21.0 Å². The van der Waals surface area contributed by atoms with Crippen molar-refractivity contribution in [2.45, 2.75) is 0 Å². The van der Waals surface area contributed by atoms with Crippen molar-refractivity contribution in [1.29, 1.82) is 0 Å². The fourth-order valence-electron chi connectivity index (χ4n) is 2.69. The van der Waals surface area contributed by atoms with Crippen LogP contribution in [0.2, 0.25) is 5.02 Å². The number of fused-ring (bicyclic) bond motifs is 1. The molecule has 33 heavy (non-hydrogen) atoms. The Labute approximate surface area is 200 Å². The molecule has 4 rings (SSSR count). The van der Waals surface area contributed by atoms with Crippen LogP contribution in [0.25, 0.3) is 10.2 Å². The maximum absolute atomic E-state index is 13.0. The van der Waals surface area contributed by atoms with E-state index in [9.17, 15) is 14.9 Å². The number of hydrazone groups is 1. The number of methoxy groups -OCH3 is 1. The number of nitrogens with zero attached hydrogens (tertiary/aromatic N) is 4. The minimum absolute atomic E-state index is 0.0209. The third-order valence-corrected chi connectivity index (χ3v) is 6.49. The molecule has 0 aliphatic rings. The quantitative estimate of drug-likeness (QED) is 0.182. The normalized spacial score (nSPS) is 11.1. The molecule has 0 atom stereocenters. The van der Waals surface area contributed by atoms with E-state index in [1.807, 2.05) is 6.07 Å². The lowest BCUT2D eigenvalue weighted by atomic mass is 10.3. The molecule has 2 aromatic heterocycles. The summed E-state index contributed by atoms with van der Waals surface area (Å²) in [5.41, 5.74) is 0.675. The monoisotopic (exact) mass is 502 g/mol. The molecular formula is C21H15ClN4O5S2. The fourth-order valence-corrected chi connectivity index (χ4v) is 4.48. The van der Waals surface area contributed by atoms with Gasteiger partial charge in [-0.15, -0.1) is 0 Å². The van der Waals surface area contributed by atoms with Gasteiger partial charge in [0.1, 0.15) is 11.5 Å². The number of hydrogen-bond acceptors (Lipinski definition) is 9. The van der Waals surface area contributed by atoms with Gasteiger partial charge < -0.3 is 9.47 Å². The summed E-state index contributed by atoms with van der Waals surface area (Å²) < 4.78 is 11.6. The second-order valence-corrected chi connectivity index (χ2v) is 9.00. The van der Waals surface area contributed by atoms with E-state index in [1.54, 1.807) is 49.6 Å². The van der Waals surface area contributed by atoms with Crippen LogP contribution in [0.15, 0.2) is 59.7 Å². The highest BCUT2D eigenvalue weighted by molar-refractivity contribution is 7.22. The number of thiophene rings is 1. The van der Waals surface area contributed by atoms with Crippen molar-refractivity contribution >= 4 is 66.7 Å². The molecule has 0 radical (unpaired) electrons. The summed E-state index contributed by atoms with van der Waals surface area (Å²) in [4.78, 5) is 28.5. The summed E-state index contributed by atoms with van der Waals surface area (Å²) in [7, 11) is 1.57. The van der Waals surface area contributed by atoms with Gasteiger partial charge >= 0.3 is 5.00 Å². The van der Waals surface area contributed by atoms with Crippen molar-refractivity contribution in [3.63, 3.8) is 0 Å². The molecule has 2 heterocycles. The molecule has 168 valence electrons. The zero-order valence-electron chi connectivity index (χ0n) is 17.0. The molecule has 0 unspecified atom stereocenters. The number of anilines is 1. The summed E-state index contributed by atoms with van der Waals surface area (Å²) >= 11 is 8.08. The number of carbonyl (C=O) groups is 1. The van der Waals surface area contributed by atoms with Gasteiger partial charge in [0.25, 0.3) is 5.91 Å². The highest BCUT2D eigenvalue weighted by Gasteiger charge is 2.21. The first-order chi connectivity index (χ1) is 15.9. The van der Waals surface area contributed by atoms with Crippen LogP contribution in [0.1, 0.15) is 4.88 Å². The number of carbonyl (C=O) groups excluding carboxylic acids is 1. The topological polar surface area (TPSA) is 107 Å². The maximum Gasteiger partial charge on any atom is 0.324 e. The number of nitro groups is 1. The van der Waals surface area contributed by atoms with Gasteiger partial charge in [-0.25, -0.2) is 4.98 Å². The maximum atomic E-state index is 13.0. The molecule has 0 spiro atoms. The summed E-state index contributed by atoms with van der Waals surface area (Å²) in [6, 6.07) is 14.9. The molecule has 0 bridgehead atoms. The minimum atomic E-state index is -0.480. The van der Waals surface area contributed by atoms with Gasteiger partial charge in [-0.1, -0.05) is 34.3 Å². The van der Waals surface area contributed by atoms with Crippen molar-refractivity contribution in [3.05, 3.63) is 74.6 Å². The van der Waals surface area contributed by atoms with Gasteiger partial charge in [-0.05, 0) is 48.5 Å². The van der Waals surface area contributed by atoms with Crippen LogP contribution in [0.4, 0.5) is 10.1 Å². The third kappa shape index (κ3) is 5.45. The van der Waals surface area contributed by atoms with Crippen molar-refractivity contribution < 1.29 is 19.2 Å². The van der Waals surface area contributed by atoms with E-state index < -0.39 is 10.8 Å². The first kappa shape index (κ1) is 22.6. The Morgan fingerprint density at radius 3 is 2.64 bits per heavy atom. The largest absolute Gasteiger partial charge is 0.497 e. The van der Waals surface area contributed by atoms with Crippen LogP contribution in [-0.4, -0.2) is 35.7 Å². The van der Waals surface area contributed by atoms with Crippen LogP contribution in [-0.2, 0) is 4.79 Å². The second kappa shape index (κ2) is 9.94. The predicted molar refractivity (Wildman–Crippen MR) is 129 cm³/mol. The number of halogens is 1. The number of aromatic nitrogens is 1. The summed E-state index contributed by atoms with van der Waals surface area (Å²) in [6.07, 6.45) is 1.38. The standard InChI is InChI=1S/C21H15ClN4O5S2/c1-30-15-6-8-17-18(10-15)33-21(24-17)25(23-11-16-7-9-20(32-16)26(28)29)19(27)12-31-14-4-2-13(22)3-5-14/h2-11H,12H2,1H3/b23-11+. The lowest BCUT2D eigenvalue weighted by molar-refractivity contribution is -0.380. The Morgan fingerprint density at radius 1 is 1.18 bits per heavy atom. The Balaban J connectivity index is 1.61. The van der Waals surface area contributed by atoms with E-state index in [2.05, 4.69) is 10.1 Å². The van der Waals surface area contributed by atoms with Crippen molar-refractivity contribution in [1.82, 2.24) is 4.98 Å². The highest BCUT2D eigenvalue weighted by atomic mass is 35.5. The Hall–Kier alpha value is -3.54. The van der Waals surface area contributed by atoms with E-state index in [1.165, 1.54) is 23.6 Å². The van der Waals surface area contributed by atoms with Crippen LogP contribution in [0.5, 0.6) is 11.5 Å². The Kier molecular flexibility index (Phi) is 6.82. The number of rotatable bonds is 8. The molecule has 12 heteroatoms. The van der Waals surface area contributed by atoms with Crippen molar-refractivity contribution in [3.8, 4) is 11.5 Å². The summed E-state index contributed by atoms with van der Waals surface area (Å²) in [5, 5.41) is 17.2. The Morgan fingerprint density at radius 2 is 1.94 bits per heavy atom. The summed E-state index contributed by atoms with van der Waals surface area (Å²) in [6.45, 7) is -0.303. The number of thiazole rings is 1. The van der Waals surface area contributed by atoms with Crippen LogP contribution in [0.3, 0.4) is 0 Å². The van der Waals surface area contributed by atoms with Gasteiger partial charge in [0, 0.05) is 11.1 Å². The SMILES string of the molecule is COc1ccc2nc(N(/N=C/c3ccc([N+](=O)[O-])s3)C(=O)COc3ccc(Cl)cc3)sc2c1. The number of hydrogen-bond donors (Lipinski definition) is 0. The van der Waals surface area contributed by atoms with E-state index in [0.29, 0.717) is 32.0 Å². The first-order valence-corrected chi connectivity index (χ1v) is 11.4. The first-order valence-electron chi connectivity index (χ1n) is 9.37. The average Bonchev–Trinajstić information content (AvgIpc) is 3.45. The number of benzene rings is 2. The van der Waals surface area contributed by atoms with Crippen LogP contribution in [0, 0.1) is 10.1 Å². The molecule has 0 fully saturated rings. The molecule has 4 aromatic rings. The van der Waals surface area contributed by atoms with E-state index >= 15 is 0 Å². The Bertz CT molecular complexity index is 1340. The smallest absolute Gasteiger partial charge is 0.324 e. The highest BCUT2D eigenvalue weighted by Crippen LogP contribution is 2.32. The zero-order chi connectivity index (χ0) is 23.4. The molecular weight excluding hydrogens is 488 g/mol. The molecule has 0 saturated carbocycles. The zero-order valence-corrected chi connectivity index (χ0v) is 19.4. The lowest BCUT2D eigenvalue weighted by Crippen LogP contribution is -2.30. The van der Waals surface area contributed by atoms with Gasteiger partial charge in [0.05, 0.1) is 33.3 Å². The summed E-state index contributed by atoms with van der Waals surface area (Å²) in [5.74, 6) is 0.661. The molecule has 0 saturated heterocycles. The lowest BCUT2D eigenvalue weighted by Gasteiger charge is -2.14. The van der Waals surface area contributed by atoms with E-state index in [-0.39, 0.29) is 11.6 Å².